The van der Waals surface area contributed by atoms with Gasteiger partial charge in [-0.05, 0) is 25.0 Å². The Bertz CT molecular complexity index is 397. The maximum absolute atomic E-state index is 12.3. The summed E-state index contributed by atoms with van der Waals surface area (Å²) in [5.41, 5.74) is 0.764. The van der Waals surface area contributed by atoms with Gasteiger partial charge in [-0.1, -0.05) is 25.3 Å². The van der Waals surface area contributed by atoms with Gasteiger partial charge in [-0.3, -0.25) is 4.79 Å². The standard InChI is InChI=1S/C14H19NO2/c1-15(12-8-5-9-13(16)10-12)14(17)11-6-3-2-4-7-11/h5,8-11,16H,2-4,6-7H2,1H3. The van der Waals surface area contributed by atoms with Crippen LogP contribution in [0.3, 0.4) is 0 Å². The van der Waals surface area contributed by atoms with Crippen LogP contribution in [-0.2, 0) is 4.79 Å². The Morgan fingerprint density at radius 2 is 2.00 bits per heavy atom. The van der Waals surface area contributed by atoms with Crippen molar-refractivity contribution >= 4 is 11.6 Å². The first-order valence-corrected chi connectivity index (χ1v) is 6.25. The van der Waals surface area contributed by atoms with Crippen LogP contribution in [0.5, 0.6) is 5.75 Å². The summed E-state index contributed by atoms with van der Waals surface area (Å²) in [5, 5.41) is 9.42. The second-order valence-electron chi connectivity index (χ2n) is 4.75. The average molecular weight is 233 g/mol. The molecule has 1 aromatic rings. The topological polar surface area (TPSA) is 40.5 Å². The van der Waals surface area contributed by atoms with E-state index in [2.05, 4.69) is 0 Å². The molecule has 1 fully saturated rings. The molecular weight excluding hydrogens is 214 g/mol. The van der Waals surface area contributed by atoms with Gasteiger partial charge in [0.1, 0.15) is 5.75 Å². The van der Waals surface area contributed by atoms with E-state index in [0.717, 1.165) is 31.4 Å². The van der Waals surface area contributed by atoms with Gasteiger partial charge in [0.15, 0.2) is 0 Å². The van der Waals surface area contributed by atoms with E-state index in [1.165, 1.54) is 6.42 Å². The van der Waals surface area contributed by atoms with E-state index in [9.17, 15) is 9.90 Å². The molecule has 0 aliphatic heterocycles. The molecule has 0 spiro atoms. The van der Waals surface area contributed by atoms with Gasteiger partial charge in [-0.25, -0.2) is 0 Å². The second kappa shape index (κ2) is 5.21. The molecule has 1 aliphatic rings. The van der Waals surface area contributed by atoms with Crippen molar-refractivity contribution in [3.8, 4) is 5.75 Å². The van der Waals surface area contributed by atoms with Crippen LogP contribution in [-0.4, -0.2) is 18.1 Å². The molecule has 0 heterocycles. The van der Waals surface area contributed by atoms with Crippen molar-refractivity contribution in [1.82, 2.24) is 0 Å². The van der Waals surface area contributed by atoms with Crippen LogP contribution < -0.4 is 4.90 Å². The van der Waals surface area contributed by atoms with Gasteiger partial charge >= 0.3 is 0 Å². The molecule has 2 rings (SSSR count). The van der Waals surface area contributed by atoms with Crippen molar-refractivity contribution in [3.05, 3.63) is 24.3 Å². The Morgan fingerprint density at radius 1 is 1.29 bits per heavy atom. The van der Waals surface area contributed by atoms with E-state index in [0.29, 0.717) is 0 Å². The van der Waals surface area contributed by atoms with E-state index in [4.69, 9.17) is 0 Å². The highest BCUT2D eigenvalue weighted by Gasteiger charge is 2.24. The number of benzene rings is 1. The summed E-state index contributed by atoms with van der Waals surface area (Å²) < 4.78 is 0. The molecule has 0 unspecified atom stereocenters. The largest absolute Gasteiger partial charge is 0.508 e. The zero-order valence-electron chi connectivity index (χ0n) is 10.2. The summed E-state index contributed by atoms with van der Waals surface area (Å²) in [4.78, 5) is 13.9. The van der Waals surface area contributed by atoms with Gasteiger partial charge in [0, 0.05) is 24.7 Å². The van der Waals surface area contributed by atoms with E-state index in [1.807, 2.05) is 6.07 Å². The highest BCUT2D eigenvalue weighted by Crippen LogP contribution is 2.27. The number of aromatic hydroxyl groups is 1. The number of anilines is 1. The molecular formula is C14H19NO2. The van der Waals surface area contributed by atoms with Crippen LogP contribution in [0, 0.1) is 5.92 Å². The van der Waals surface area contributed by atoms with Crippen molar-refractivity contribution in [1.29, 1.82) is 0 Å². The number of nitrogens with zero attached hydrogens (tertiary/aromatic N) is 1. The number of hydrogen-bond acceptors (Lipinski definition) is 2. The predicted octanol–water partition coefficient (Wildman–Crippen LogP) is 2.94. The van der Waals surface area contributed by atoms with Crippen molar-refractivity contribution in [2.24, 2.45) is 5.92 Å². The molecule has 1 N–H and O–H groups in total. The number of amides is 1. The summed E-state index contributed by atoms with van der Waals surface area (Å²) in [6.45, 7) is 0. The van der Waals surface area contributed by atoms with Crippen LogP contribution in [0.25, 0.3) is 0 Å². The van der Waals surface area contributed by atoms with Gasteiger partial charge in [0.25, 0.3) is 0 Å². The van der Waals surface area contributed by atoms with Crippen LogP contribution in [0.15, 0.2) is 24.3 Å². The minimum Gasteiger partial charge on any atom is -0.508 e. The summed E-state index contributed by atoms with van der Waals surface area (Å²) in [7, 11) is 1.78. The van der Waals surface area contributed by atoms with E-state index in [1.54, 1.807) is 30.1 Å². The monoisotopic (exact) mass is 233 g/mol. The quantitative estimate of drug-likeness (QED) is 0.853. The maximum Gasteiger partial charge on any atom is 0.229 e. The molecule has 0 aromatic heterocycles. The molecule has 3 nitrogen and oxygen atoms in total. The number of phenols is 1. The van der Waals surface area contributed by atoms with Crippen molar-refractivity contribution in [2.45, 2.75) is 32.1 Å². The summed E-state index contributed by atoms with van der Waals surface area (Å²) >= 11 is 0. The zero-order chi connectivity index (χ0) is 12.3. The third-order valence-electron chi connectivity index (χ3n) is 3.50. The molecule has 0 saturated heterocycles. The van der Waals surface area contributed by atoms with Crippen molar-refractivity contribution < 1.29 is 9.90 Å². The van der Waals surface area contributed by atoms with Gasteiger partial charge in [-0.2, -0.15) is 0 Å². The lowest BCUT2D eigenvalue weighted by Gasteiger charge is -2.26. The molecule has 0 bridgehead atoms. The number of phenolic OH excluding ortho intramolecular Hbond substituents is 1. The number of carbonyl (C=O) groups is 1. The first kappa shape index (κ1) is 12.0. The molecule has 1 amide bonds. The van der Waals surface area contributed by atoms with Crippen LogP contribution in [0.4, 0.5) is 5.69 Å². The van der Waals surface area contributed by atoms with E-state index < -0.39 is 0 Å². The summed E-state index contributed by atoms with van der Waals surface area (Å²) in [5.74, 6) is 0.539. The Hall–Kier alpha value is -1.51. The van der Waals surface area contributed by atoms with Crippen LogP contribution in [0.2, 0.25) is 0 Å². The fraction of sp³-hybridized carbons (Fsp3) is 0.500. The second-order valence-corrected chi connectivity index (χ2v) is 4.75. The third-order valence-corrected chi connectivity index (χ3v) is 3.50. The van der Waals surface area contributed by atoms with Gasteiger partial charge in [0.05, 0.1) is 0 Å². The molecule has 17 heavy (non-hydrogen) atoms. The summed E-state index contributed by atoms with van der Waals surface area (Å²) in [6.07, 6.45) is 5.57. The van der Waals surface area contributed by atoms with Crippen LogP contribution in [0.1, 0.15) is 32.1 Å². The molecule has 0 radical (unpaired) electrons. The number of hydrogen-bond donors (Lipinski definition) is 1. The van der Waals surface area contributed by atoms with Gasteiger partial charge < -0.3 is 10.0 Å². The lowest BCUT2D eigenvalue weighted by atomic mass is 9.88. The Labute approximate surface area is 102 Å². The molecule has 1 aliphatic carbocycles. The SMILES string of the molecule is CN(C(=O)C1CCCCC1)c1cccc(O)c1. The predicted molar refractivity (Wildman–Crippen MR) is 68.1 cm³/mol. The first-order chi connectivity index (χ1) is 8.18. The fourth-order valence-corrected chi connectivity index (χ4v) is 2.45. The van der Waals surface area contributed by atoms with Crippen LogP contribution >= 0.6 is 0 Å². The minimum absolute atomic E-state index is 0.163. The lowest BCUT2D eigenvalue weighted by molar-refractivity contribution is -0.123. The number of carbonyl (C=O) groups excluding carboxylic acids is 1. The van der Waals surface area contributed by atoms with E-state index >= 15 is 0 Å². The lowest BCUT2D eigenvalue weighted by Crippen LogP contribution is -2.33. The first-order valence-electron chi connectivity index (χ1n) is 6.25. The highest BCUT2D eigenvalue weighted by molar-refractivity contribution is 5.94. The van der Waals surface area contributed by atoms with Gasteiger partial charge in [-0.15, -0.1) is 0 Å². The molecule has 1 aromatic carbocycles. The summed E-state index contributed by atoms with van der Waals surface area (Å²) in [6, 6.07) is 6.85. The fourth-order valence-electron chi connectivity index (χ4n) is 2.45. The molecule has 3 heteroatoms. The normalized spacial score (nSPS) is 16.8. The maximum atomic E-state index is 12.3. The van der Waals surface area contributed by atoms with Crippen molar-refractivity contribution in [3.63, 3.8) is 0 Å². The molecule has 92 valence electrons. The minimum atomic E-state index is 0.163. The number of rotatable bonds is 2. The molecule has 1 saturated carbocycles. The van der Waals surface area contributed by atoms with Crippen molar-refractivity contribution in [2.75, 3.05) is 11.9 Å². The third kappa shape index (κ3) is 2.78. The zero-order valence-corrected chi connectivity index (χ0v) is 10.2. The van der Waals surface area contributed by atoms with Gasteiger partial charge in [0.2, 0.25) is 5.91 Å². The Morgan fingerprint density at radius 3 is 2.65 bits per heavy atom. The van der Waals surface area contributed by atoms with E-state index in [-0.39, 0.29) is 17.6 Å². The highest BCUT2D eigenvalue weighted by atomic mass is 16.3. The molecule has 0 atom stereocenters. The Kier molecular flexibility index (Phi) is 3.67. The smallest absolute Gasteiger partial charge is 0.229 e. The Balaban J connectivity index is 2.08. The average Bonchev–Trinajstić information content (AvgIpc) is 2.38.